The first-order valence-corrected chi connectivity index (χ1v) is 5.67. The molecule has 1 aromatic rings. The minimum absolute atomic E-state index is 0.123. The quantitative estimate of drug-likeness (QED) is 0.667. The molecule has 0 N–H and O–H groups in total. The van der Waals surface area contributed by atoms with Crippen LogP contribution in [-0.2, 0) is 11.2 Å². The van der Waals surface area contributed by atoms with Crippen molar-refractivity contribution in [2.45, 2.75) is 39.9 Å². The summed E-state index contributed by atoms with van der Waals surface area (Å²) >= 11 is 0. The molecule has 2 nitrogen and oxygen atoms in total. The van der Waals surface area contributed by atoms with E-state index in [1.165, 1.54) is 5.56 Å². The Morgan fingerprint density at radius 1 is 1.07 bits per heavy atom. The number of hydrogen-bond donors (Lipinski definition) is 0. The Morgan fingerprint density at radius 3 is 2.20 bits per heavy atom. The smallest absolute Gasteiger partial charge is 0.199 e. The average Bonchev–Trinajstić information content (AvgIpc) is 2.29. The molecule has 2 heteroatoms. The van der Waals surface area contributed by atoms with E-state index in [-0.39, 0.29) is 6.29 Å². The number of hydrogen-bond acceptors (Lipinski definition) is 2. The minimum Gasteiger partial charge on any atom is -0.465 e. The molecule has 0 radical (unpaired) electrons. The topological polar surface area (TPSA) is 18.5 Å². The summed E-state index contributed by atoms with van der Waals surface area (Å²) in [7, 11) is 0. The minimum atomic E-state index is -0.123. The molecule has 0 saturated heterocycles. The van der Waals surface area contributed by atoms with E-state index in [4.69, 9.17) is 9.47 Å². The van der Waals surface area contributed by atoms with Crippen LogP contribution >= 0.6 is 0 Å². The summed E-state index contributed by atoms with van der Waals surface area (Å²) in [6.07, 6.45) is 1.80. The van der Waals surface area contributed by atoms with E-state index >= 15 is 0 Å². The molecule has 15 heavy (non-hydrogen) atoms. The maximum Gasteiger partial charge on any atom is 0.199 e. The monoisotopic (exact) mass is 208 g/mol. The maximum absolute atomic E-state index is 5.68. The molecule has 1 rings (SSSR count). The molecule has 0 aromatic heterocycles. The lowest BCUT2D eigenvalue weighted by Gasteiger charge is -2.17. The van der Waals surface area contributed by atoms with Gasteiger partial charge in [-0.3, -0.25) is 0 Å². The van der Waals surface area contributed by atoms with E-state index in [2.05, 4.69) is 26.0 Å². The second kappa shape index (κ2) is 6.46. The third-order valence-corrected chi connectivity index (χ3v) is 2.29. The molecule has 0 aliphatic rings. The van der Waals surface area contributed by atoms with Crippen LogP contribution in [0.25, 0.3) is 0 Å². The standard InChI is InChI=1S/C13H20O2/c1-4-11-7-9-12(10-8-11)15-13(5-2)14-6-3/h7-10,13H,4-6H2,1-3H3. The summed E-state index contributed by atoms with van der Waals surface area (Å²) in [4.78, 5) is 0. The second-order valence-electron chi connectivity index (χ2n) is 3.41. The Balaban J connectivity index is 2.55. The van der Waals surface area contributed by atoms with Crippen molar-refractivity contribution >= 4 is 0 Å². The van der Waals surface area contributed by atoms with E-state index in [9.17, 15) is 0 Å². The molecular formula is C13H20O2. The first-order chi connectivity index (χ1) is 7.30. The van der Waals surface area contributed by atoms with Crippen LogP contribution in [-0.4, -0.2) is 12.9 Å². The highest BCUT2D eigenvalue weighted by Crippen LogP contribution is 2.15. The molecule has 0 spiro atoms. The van der Waals surface area contributed by atoms with Gasteiger partial charge in [-0.05, 0) is 31.0 Å². The van der Waals surface area contributed by atoms with Crippen molar-refractivity contribution in [2.24, 2.45) is 0 Å². The normalized spacial score (nSPS) is 12.5. The van der Waals surface area contributed by atoms with Gasteiger partial charge in [0.2, 0.25) is 0 Å². The van der Waals surface area contributed by atoms with Gasteiger partial charge in [-0.25, -0.2) is 0 Å². The van der Waals surface area contributed by atoms with Crippen LogP contribution in [0.3, 0.4) is 0 Å². The van der Waals surface area contributed by atoms with Crippen LogP contribution in [0, 0.1) is 0 Å². The molecule has 84 valence electrons. The molecule has 1 aromatic carbocycles. The fourth-order valence-corrected chi connectivity index (χ4v) is 1.38. The zero-order valence-electron chi connectivity index (χ0n) is 9.82. The molecule has 0 heterocycles. The lowest BCUT2D eigenvalue weighted by Crippen LogP contribution is -2.19. The van der Waals surface area contributed by atoms with Crippen LogP contribution in [0.5, 0.6) is 5.75 Å². The van der Waals surface area contributed by atoms with Crippen molar-refractivity contribution in [2.75, 3.05) is 6.61 Å². The van der Waals surface area contributed by atoms with E-state index < -0.39 is 0 Å². The molecule has 0 saturated carbocycles. The Bertz CT molecular complexity index is 266. The molecular weight excluding hydrogens is 188 g/mol. The molecule has 0 fully saturated rings. The Labute approximate surface area is 92.2 Å². The van der Waals surface area contributed by atoms with Gasteiger partial charge in [-0.2, -0.15) is 0 Å². The van der Waals surface area contributed by atoms with Gasteiger partial charge in [0.15, 0.2) is 6.29 Å². The average molecular weight is 208 g/mol. The lowest BCUT2D eigenvalue weighted by atomic mass is 10.2. The van der Waals surface area contributed by atoms with Crippen LogP contribution < -0.4 is 4.74 Å². The summed E-state index contributed by atoms with van der Waals surface area (Å²) in [6.45, 7) is 6.86. The van der Waals surface area contributed by atoms with Crippen LogP contribution in [0.4, 0.5) is 0 Å². The third-order valence-electron chi connectivity index (χ3n) is 2.29. The van der Waals surface area contributed by atoms with Gasteiger partial charge in [0.05, 0.1) is 0 Å². The number of benzene rings is 1. The van der Waals surface area contributed by atoms with E-state index in [1.807, 2.05) is 19.1 Å². The predicted octanol–water partition coefficient (Wildman–Crippen LogP) is 3.40. The van der Waals surface area contributed by atoms with Gasteiger partial charge < -0.3 is 9.47 Å². The molecule has 0 bridgehead atoms. The van der Waals surface area contributed by atoms with Crippen LogP contribution in [0.15, 0.2) is 24.3 Å². The van der Waals surface area contributed by atoms with Gasteiger partial charge in [-0.1, -0.05) is 26.0 Å². The summed E-state index contributed by atoms with van der Waals surface area (Å²) in [6, 6.07) is 8.18. The number of ether oxygens (including phenoxy) is 2. The first-order valence-electron chi connectivity index (χ1n) is 5.67. The van der Waals surface area contributed by atoms with E-state index in [0.29, 0.717) is 6.61 Å². The summed E-state index contributed by atoms with van der Waals surface area (Å²) in [5.74, 6) is 0.882. The lowest BCUT2D eigenvalue weighted by molar-refractivity contribution is -0.0766. The Morgan fingerprint density at radius 2 is 1.73 bits per heavy atom. The highest BCUT2D eigenvalue weighted by atomic mass is 16.7. The molecule has 0 aliphatic heterocycles. The SMILES string of the molecule is CCOC(CC)Oc1ccc(CC)cc1. The summed E-state index contributed by atoms with van der Waals surface area (Å²) in [5, 5.41) is 0. The molecule has 0 amide bonds. The summed E-state index contributed by atoms with van der Waals surface area (Å²) < 4.78 is 11.1. The fourth-order valence-electron chi connectivity index (χ4n) is 1.38. The van der Waals surface area contributed by atoms with Crippen molar-refractivity contribution < 1.29 is 9.47 Å². The van der Waals surface area contributed by atoms with E-state index in [0.717, 1.165) is 18.6 Å². The van der Waals surface area contributed by atoms with Crippen molar-refractivity contribution in [1.29, 1.82) is 0 Å². The van der Waals surface area contributed by atoms with Crippen molar-refractivity contribution in [3.8, 4) is 5.75 Å². The van der Waals surface area contributed by atoms with Crippen molar-refractivity contribution in [1.82, 2.24) is 0 Å². The first kappa shape index (κ1) is 12.1. The fraction of sp³-hybridized carbons (Fsp3) is 0.538. The van der Waals surface area contributed by atoms with Crippen molar-refractivity contribution in [3.63, 3.8) is 0 Å². The third kappa shape index (κ3) is 3.92. The van der Waals surface area contributed by atoms with Gasteiger partial charge >= 0.3 is 0 Å². The van der Waals surface area contributed by atoms with Gasteiger partial charge in [0.1, 0.15) is 5.75 Å². The largest absolute Gasteiger partial charge is 0.465 e. The molecule has 1 unspecified atom stereocenters. The van der Waals surface area contributed by atoms with E-state index in [1.54, 1.807) is 0 Å². The zero-order chi connectivity index (χ0) is 11.1. The summed E-state index contributed by atoms with van der Waals surface area (Å²) in [5.41, 5.74) is 1.33. The van der Waals surface area contributed by atoms with Gasteiger partial charge in [0, 0.05) is 13.0 Å². The molecule has 1 atom stereocenters. The van der Waals surface area contributed by atoms with Gasteiger partial charge in [0.25, 0.3) is 0 Å². The Hall–Kier alpha value is -1.02. The van der Waals surface area contributed by atoms with Crippen molar-refractivity contribution in [3.05, 3.63) is 29.8 Å². The van der Waals surface area contributed by atoms with Gasteiger partial charge in [-0.15, -0.1) is 0 Å². The Kier molecular flexibility index (Phi) is 5.19. The maximum atomic E-state index is 5.68. The highest BCUT2D eigenvalue weighted by Gasteiger charge is 2.06. The highest BCUT2D eigenvalue weighted by molar-refractivity contribution is 5.27. The zero-order valence-corrected chi connectivity index (χ0v) is 9.82. The number of rotatable bonds is 6. The number of aryl methyl sites for hydroxylation is 1. The predicted molar refractivity (Wildman–Crippen MR) is 62.2 cm³/mol. The second-order valence-corrected chi connectivity index (χ2v) is 3.41. The van der Waals surface area contributed by atoms with Crippen LogP contribution in [0.1, 0.15) is 32.8 Å². The molecule has 0 aliphatic carbocycles. The van der Waals surface area contributed by atoms with Crippen LogP contribution in [0.2, 0.25) is 0 Å².